The van der Waals surface area contributed by atoms with Crippen molar-refractivity contribution in [2.45, 2.75) is 39.7 Å². The molecule has 0 spiro atoms. The van der Waals surface area contributed by atoms with Crippen molar-refractivity contribution in [2.24, 2.45) is 0 Å². The van der Waals surface area contributed by atoms with Gasteiger partial charge in [-0.15, -0.1) is 0 Å². The van der Waals surface area contributed by atoms with Crippen LogP contribution in [0.1, 0.15) is 38.7 Å². The van der Waals surface area contributed by atoms with E-state index in [0.717, 1.165) is 31.4 Å². The molecule has 0 saturated heterocycles. The third-order valence-electron chi connectivity index (χ3n) is 4.17. The monoisotopic (exact) mass is 389 g/mol. The number of hydrogen-bond donors (Lipinski definition) is 3. The average Bonchev–Trinajstić information content (AvgIpc) is 2.65. The Balaban J connectivity index is 2.44. The van der Waals surface area contributed by atoms with E-state index in [1.165, 1.54) is 4.57 Å². The van der Waals surface area contributed by atoms with Gasteiger partial charge in [-0.2, -0.15) is 0 Å². The SMILES string of the molecule is CCCCNC(=S)N(CCC)c1c(N)n(Cc2ccccc2)c(=O)[nH]c1=O. The summed E-state index contributed by atoms with van der Waals surface area (Å²) in [4.78, 5) is 28.9. The van der Waals surface area contributed by atoms with Gasteiger partial charge < -0.3 is 16.0 Å². The Bertz CT molecular complexity index is 876. The zero-order valence-corrected chi connectivity index (χ0v) is 16.6. The van der Waals surface area contributed by atoms with Gasteiger partial charge in [0.05, 0.1) is 6.54 Å². The van der Waals surface area contributed by atoms with E-state index < -0.39 is 11.2 Å². The molecule has 2 aromatic rings. The number of nitrogen functional groups attached to an aromatic ring is 1. The molecule has 8 heteroatoms. The van der Waals surface area contributed by atoms with Gasteiger partial charge in [0, 0.05) is 13.1 Å². The Labute approximate surface area is 164 Å². The molecule has 146 valence electrons. The molecule has 0 unspecified atom stereocenters. The maximum Gasteiger partial charge on any atom is 0.330 e. The van der Waals surface area contributed by atoms with Crippen LogP contribution in [-0.4, -0.2) is 27.8 Å². The first-order valence-electron chi connectivity index (χ1n) is 9.21. The maximum atomic E-state index is 12.5. The molecule has 2 rings (SSSR count). The van der Waals surface area contributed by atoms with Crippen LogP contribution >= 0.6 is 12.2 Å². The molecular weight excluding hydrogens is 362 g/mol. The van der Waals surface area contributed by atoms with Crippen molar-refractivity contribution in [1.29, 1.82) is 0 Å². The number of benzene rings is 1. The van der Waals surface area contributed by atoms with Crippen molar-refractivity contribution in [3.8, 4) is 0 Å². The lowest BCUT2D eigenvalue weighted by atomic mass is 10.2. The summed E-state index contributed by atoms with van der Waals surface area (Å²) in [6.07, 6.45) is 2.78. The predicted octanol–water partition coefficient (Wildman–Crippen LogP) is 2.06. The first-order valence-corrected chi connectivity index (χ1v) is 9.62. The summed E-state index contributed by atoms with van der Waals surface area (Å²) in [5.41, 5.74) is 6.32. The van der Waals surface area contributed by atoms with Crippen LogP contribution in [-0.2, 0) is 6.54 Å². The second-order valence-corrected chi connectivity index (χ2v) is 6.69. The van der Waals surface area contributed by atoms with Gasteiger partial charge in [-0.05, 0) is 30.6 Å². The van der Waals surface area contributed by atoms with Crippen LogP contribution in [0, 0.1) is 0 Å². The van der Waals surface area contributed by atoms with E-state index in [9.17, 15) is 9.59 Å². The van der Waals surface area contributed by atoms with Gasteiger partial charge in [-0.3, -0.25) is 14.3 Å². The number of thiocarbonyl (C=S) groups is 1. The van der Waals surface area contributed by atoms with Gasteiger partial charge in [0.1, 0.15) is 5.82 Å². The number of nitrogens with two attached hydrogens (primary N) is 1. The van der Waals surface area contributed by atoms with Crippen LogP contribution in [0.5, 0.6) is 0 Å². The molecule has 0 fully saturated rings. The topological polar surface area (TPSA) is 96.2 Å². The molecule has 0 bridgehead atoms. The van der Waals surface area contributed by atoms with E-state index in [1.54, 1.807) is 4.90 Å². The molecule has 0 aliphatic rings. The number of H-pyrrole nitrogens is 1. The molecule has 0 aliphatic heterocycles. The Kier molecular flexibility index (Phi) is 7.60. The number of hydrogen-bond acceptors (Lipinski definition) is 4. The maximum absolute atomic E-state index is 12.5. The first kappa shape index (κ1) is 20.7. The molecule has 27 heavy (non-hydrogen) atoms. The lowest BCUT2D eigenvalue weighted by Gasteiger charge is -2.26. The van der Waals surface area contributed by atoms with Crippen molar-refractivity contribution in [3.05, 3.63) is 56.7 Å². The molecule has 1 heterocycles. The number of aromatic amines is 1. The van der Waals surface area contributed by atoms with Crippen LogP contribution < -0.4 is 27.2 Å². The number of aromatic nitrogens is 2. The molecule has 1 aromatic carbocycles. The third-order valence-corrected chi connectivity index (χ3v) is 4.53. The van der Waals surface area contributed by atoms with E-state index in [2.05, 4.69) is 17.2 Å². The smallest absolute Gasteiger partial charge is 0.330 e. The highest BCUT2D eigenvalue weighted by molar-refractivity contribution is 7.80. The highest BCUT2D eigenvalue weighted by Gasteiger charge is 2.21. The molecule has 0 saturated carbocycles. The van der Waals surface area contributed by atoms with Crippen molar-refractivity contribution in [3.63, 3.8) is 0 Å². The molecule has 0 atom stereocenters. The van der Waals surface area contributed by atoms with Crippen molar-refractivity contribution in [1.82, 2.24) is 14.9 Å². The van der Waals surface area contributed by atoms with Gasteiger partial charge in [-0.25, -0.2) is 4.79 Å². The van der Waals surface area contributed by atoms with Crippen LogP contribution in [0.3, 0.4) is 0 Å². The van der Waals surface area contributed by atoms with Crippen LogP contribution in [0.4, 0.5) is 11.5 Å². The minimum atomic E-state index is -0.536. The minimum absolute atomic E-state index is 0.112. The number of unbranched alkanes of at least 4 members (excludes halogenated alkanes) is 1. The van der Waals surface area contributed by atoms with Gasteiger partial charge in [0.25, 0.3) is 5.56 Å². The van der Waals surface area contributed by atoms with Crippen LogP contribution in [0.15, 0.2) is 39.9 Å². The quantitative estimate of drug-likeness (QED) is 0.472. The zero-order chi connectivity index (χ0) is 19.8. The number of anilines is 2. The fraction of sp³-hybridized carbons (Fsp3) is 0.421. The first-order chi connectivity index (χ1) is 13.0. The van der Waals surface area contributed by atoms with Gasteiger partial charge in [-0.1, -0.05) is 50.6 Å². The van der Waals surface area contributed by atoms with Crippen molar-refractivity contribution in [2.75, 3.05) is 23.7 Å². The molecule has 0 aliphatic carbocycles. The molecule has 0 radical (unpaired) electrons. The number of rotatable bonds is 8. The third kappa shape index (κ3) is 5.19. The Morgan fingerprint density at radius 2 is 1.93 bits per heavy atom. The van der Waals surface area contributed by atoms with E-state index >= 15 is 0 Å². The highest BCUT2D eigenvalue weighted by atomic mass is 32.1. The summed E-state index contributed by atoms with van der Waals surface area (Å²) in [6.45, 7) is 5.60. The normalized spacial score (nSPS) is 10.6. The van der Waals surface area contributed by atoms with Gasteiger partial charge in [0.15, 0.2) is 10.8 Å². The fourth-order valence-corrected chi connectivity index (χ4v) is 3.05. The Morgan fingerprint density at radius 1 is 1.22 bits per heavy atom. The number of nitrogens with zero attached hydrogens (tertiary/aromatic N) is 2. The summed E-state index contributed by atoms with van der Waals surface area (Å²) in [6, 6.07) is 9.48. The zero-order valence-electron chi connectivity index (χ0n) is 15.8. The van der Waals surface area contributed by atoms with E-state index in [0.29, 0.717) is 11.7 Å². The molecular formula is C19H27N5O2S. The molecule has 7 nitrogen and oxygen atoms in total. The summed E-state index contributed by atoms with van der Waals surface area (Å²) >= 11 is 5.48. The molecule has 0 amide bonds. The molecule has 1 aromatic heterocycles. The van der Waals surface area contributed by atoms with E-state index in [1.807, 2.05) is 37.3 Å². The van der Waals surface area contributed by atoms with Crippen molar-refractivity contribution >= 4 is 28.8 Å². The van der Waals surface area contributed by atoms with Crippen LogP contribution in [0.25, 0.3) is 0 Å². The second kappa shape index (κ2) is 9.91. The lowest BCUT2D eigenvalue weighted by molar-refractivity contribution is 0.723. The Morgan fingerprint density at radius 3 is 2.56 bits per heavy atom. The molecule has 4 N–H and O–H groups in total. The predicted molar refractivity (Wildman–Crippen MR) is 114 cm³/mol. The standard InChI is InChI=1S/C19H27N5O2S/c1-3-5-11-21-19(27)23(12-4-2)15-16(20)24(18(26)22-17(15)25)13-14-9-7-6-8-10-14/h6-10H,3-5,11-13,20H2,1-2H3,(H,21,27)(H,22,25,26). The lowest BCUT2D eigenvalue weighted by Crippen LogP contribution is -2.46. The van der Waals surface area contributed by atoms with E-state index in [4.69, 9.17) is 18.0 Å². The van der Waals surface area contributed by atoms with Gasteiger partial charge >= 0.3 is 5.69 Å². The minimum Gasteiger partial charge on any atom is -0.383 e. The fourth-order valence-electron chi connectivity index (χ4n) is 2.77. The Hall–Kier alpha value is -2.61. The average molecular weight is 390 g/mol. The van der Waals surface area contributed by atoms with E-state index in [-0.39, 0.29) is 18.1 Å². The second-order valence-electron chi connectivity index (χ2n) is 6.30. The summed E-state index contributed by atoms with van der Waals surface area (Å²) in [5, 5.41) is 3.60. The number of nitrogens with one attached hydrogen (secondary N) is 2. The van der Waals surface area contributed by atoms with Crippen molar-refractivity contribution < 1.29 is 0 Å². The largest absolute Gasteiger partial charge is 0.383 e. The summed E-state index contributed by atoms with van der Waals surface area (Å²) in [7, 11) is 0. The van der Waals surface area contributed by atoms with Crippen LogP contribution in [0.2, 0.25) is 0 Å². The summed E-state index contributed by atoms with van der Waals surface area (Å²) < 4.78 is 1.36. The van der Waals surface area contributed by atoms with Gasteiger partial charge in [0.2, 0.25) is 0 Å². The highest BCUT2D eigenvalue weighted by Crippen LogP contribution is 2.18. The summed E-state index contributed by atoms with van der Waals surface area (Å²) in [5.74, 6) is 0.112.